The van der Waals surface area contributed by atoms with E-state index >= 15 is 0 Å². The van der Waals surface area contributed by atoms with Gasteiger partial charge in [-0.3, -0.25) is 0 Å². The van der Waals surface area contributed by atoms with Crippen LogP contribution in [-0.4, -0.2) is 4.98 Å². The standard InChI is InChI=1S/C10H5F3N2/c11-10(12,13)9-7(5-14)6-3-1-2-4-8(6)15-9/h1-4,15H. The minimum atomic E-state index is -4.52. The molecule has 0 fully saturated rings. The van der Waals surface area contributed by atoms with E-state index in [0.717, 1.165) is 0 Å². The molecule has 0 saturated carbocycles. The van der Waals surface area contributed by atoms with E-state index in [2.05, 4.69) is 4.98 Å². The van der Waals surface area contributed by atoms with Gasteiger partial charge in [0.15, 0.2) is 0 Å². The highest BCUT2D eigenvalue weighted by Gasteiger charge is 2.36. The average Bonchev–Trinajstić information content (AvgIpc) is 2.55. The lowest BCUT2D eigenvalue weighted by molar-refractivity contribution is -0.140. The molecule has 76 valence electrons. The number of H-pyrrole nitrogens is 1. The number of fused-ring (bicyclic) bond motifs is 1. The maximum absolute atomic E-state index is 12.5. The second-order valence-electron chi connectivity index (χ2n) is 3.03. The van der Waals surface area contributed by atoms with E-state index in [4.69, 9.17) is 5.26 Å². The van der Waals surface area contributed by atoms with Gasteiger partial charge >= 0.3 is 6.18 Å². The Kier molecular flexibility index (Phi) is 1.93. The molecular formula is C10H5F3N2. The van der Waals surface area contributed by atoms with Crippen LogP contribution < -0.4 is 0 Å². The van der Waals surface area contributed by atoms with Gasteiger partial charge in [-0.1, -0.05) is 18.2 Å². The van der Waals surface area contributed by atoms with E-state index in [1.165, 1.54) is 12.1 Å². The average molecular weight is 210 g/mol. The third-order valence-corrected chi connectivity index (χ3v) is 2.10. The first-order valence-electron chi connectivity index (χ1n) is 4.12. The highest BCUT2D eigenvalue weighted by Crippen LogP contribution is 2.34. The van der Waals surface area contributed by atoms with Crippen molar-refractivity contribution in [1.29, 1.82) is 5.26 Å². The molecule has 0 amide bonds. The third kappa shape index (κ3) is 1.44. The van der Waals surface area contributed by atoms with Crippen LogP contribution in [0.1, 0.15) is 11.3 Å². The topological polar surface area (TPSA) is 39.6 Å². The molecule has 0 radical (unpaired) electrons. The molecule has 2 nitrogen and oxygen atoms in total. The van der Waals surface area contributed by atoms with Gasteiger partial charge < -0.3 is 4.98 Å². The normalized spacial score (nSPS) is 11.6. The maximum Gasteiger partial charge on any atom is 0.432 e. The number of halogens is 3. The van der Waals surface area contributed by atoms with E-state index in [0.29, 0.717) is 10.9 Å². The number of aromatic amines is 1. The lowest BCUT2D eigenvalue weighted by Gasteiger charge is -2.02. The Bertz CT molecular complexity index is 546. The van der Waals surface area contributed by atoms with Gasteiger partial charge in [0.1, 0.15) is 11.8 Å². The number of nitriles is 1. The lowest BCUT2D eigenvalue weighted by Crippen LogP contribution is -2.07. The van der Waals surface area contributed by atoms with Crippen molar-refractivity contribution in [2.45, 2.75) is 6.18 Å². The van der Waals surface area contributed by atoms with Crippen LogP contribution in [0.3, 0.4) is 0 Å². The quantitative estimate of drug-likeness (QED) is 0.713. The molecule has 1 heterocycles. The molecule has 0 bridgehead atoms. The fourth-order valence-electron chi connectivity index (χ4n) is 1.47. The minimum Gasteiger partial charge on any atom is -0.350 e. The number of aromatic nitrogens is 1. The Morgan fingerprint density at radius 2 is 1.87 bits per heavy atom. The number of nitrogens with zero attached hydrogens (tertiary/aromatic N) is 1. The van der Waals surface area contributed by atoms with Crippen molar-refractivity contribution >= 4 is 10.9 Å². The SMILES string of the molecule is N#Cc1c(C(F)(F)F)[nH]c2ccccc12. The van der Waals surface area contributed by atoms with Crippen LogP contribution in [0.15, 0.2) is 24.3 Å². The fraction of sp³-hybridized carbons (Fsp3) is 0.100. The van der Waals surface area contributed by atoms with Gasteiger partial charge in [0, 0.05) is 10.9 Å². The molecule has 2 rings (SSSR count). The molecule has 2 aromatic rings. The van der Waals surface area contributed by atoms with Gasteiger partial charge in [-0.2, -0.15) is 18.4 Å². The molecule has 1 N–H and O–H groups in total. The molecule has 5 heteroatoms. The molecule has 0 aliphatic rings. The van der Waals surface area contributed by atoms with Crippen LogP contribution in [0, 0.1) is 11.3 Å². The lowest BCUT2D eigenvalue weighted by atomic mass is 10.1. The van der Waals surface area contributed by atoms with Crippen molar-refractivity contribution in [2.75, 3.05) is 0 Å². The second-order valence-corrected chi connectivity index (χ2v) is 3.03. The van der Waals surface area contributed by atoms with Crippen LogP contribution in [0.2, 0.25) is 0 Å². The predicted molar refractivity (Wildman–Crippen MR) is 48.0 cm³/mol. The number of hydrogen-bond acceptors (Lipinski definition) is 1. The Labute approximate surface area is 82.9 Å². The number of alkyl halides is 3. The van der Waals surface area contributed by atoms with Gasteiger partial charge in [0.2, 0.25) is 0 Å². The van der Waals surface area contributed by atoms with Gasteiger partial charge in [-0.15, -0.1) is 0 Å². The van der Waals surface area contributed by atoms with Crippen LogP contribution in [0.25, 0.3) is 10.9 Å². The minimum absolute atomic E-state index is 0.298. The first-order chi connectivity index (χ1) is 7.04. The van der Waals surface area contributed by atoms with Gasteiger partial charge in [-0.05, 0) is 6.07 Å². The number of para-hydroxylation sites is 1. The largest absolute Gasteiger partial charge is 0.432 e. The van der Waals surface area contributed by atoms with E-state index < -0.39 is 11.9 Å². The molecule has 0 atom stereocenters. The summed E-state index contributed by atoms with van der Waals surface area (Å²) in [6.45, 7) is 0. The summed E-state index contributed by atoms with van der Waals surface area (Å²) >= 11 is 0. The van der Waals surface area contributed by atoms with E-state index in [9.17, 15) is 13.2 Å². The van der Waals surface area contributed by atoms with Crippen molar-refractivity contribution < 1.29 is 13.2 Å². The molecule has 1 aromatic heterocycles. The molecule has 0 spiro atoms. The Balaban J connectivity index is 2.83. The molecule has 0 saturated heterocycles. The number of rotatable bonds is 0. The Morgan fingerprint density at radius 3 is 2.47 bits per heavy atom. The molecular weight excluding hydrogens is 205 g/mol. The summed E-state index contributed by atoms with van der Waals surface area (Å²) < 4.78 is 37.5. The summed E-state index contributed by atoms with van der Waals surface area (Å²) in [5, 5.41) is 9.00. The molecule has 15 heavy (non-hydrogen) atoms. The zero-order chi connectivity index (χ0) is 11.1. The summed E-state index contributed by atoms with van der Waals surface area (Å²) in [4.78, 5) is 2.21. The van der Waals surface area contributed by atoms with Gasteiger partial charge in [0.25, 0.3) is 0 Å². The fourth-order valence-corrected chi connectivity index (χ4v) is 1.47. The molecule has 0 aliphatic carbocycles. The summed E-state index contributed by atoms with van der Waals surface area (Å²) in [7, 11) is 0. The first kappa shape index (κ1) is 9.59. The van der Waals surface area contributed by atoms with Crippen LogP contribution >= 0.6 is 0 Å². The van der Waals surface area contributed by atoms with E-state index in [1.54, 1.807) is 18.2 Å². The molecule has 0 aliphatic heterocycles. The number of nitrogens with one attached hydrogen (secondary N) is 1. The zero-order valence-corrected chi connectivity index (χ0v) is 7.39. The van der Waals surface area contributed by atoms with Crippen LogP contribution in [0.5, 0.6) is 0 Å². The number of benzene rings is 1. The van der Waals surface area contributed by atoms with Crippen LogP contribution in [0.4, 0.5) is 13.2 Å². The van der Waals surface area contributed by atoms with E-state index in [1.807, 2.05) is 0 Å². The van der Waals surface area contributed by atoms with Crippen molar-refractivity contribution in [3.8, 4) is 6.07 Å². The highest BCUT2D eigenvalue weighted by atomic mass is 19.4. The smallest absolute Gasteiger partial charge is 0.350 e. The van der Waals surface area contributed by atoms with Gasteiger partial charge in [0.05, 0.1) is 5.56 Å². The Hall–Kier alpha value is -1.96. The van der Waals surface area contributed by atoms with Crippen LogP contribution in [-0.2, 0) is 6.18 Å². The number of hydrogen-bond donors (Lipinski definition) is 1. The third-order valence-electron chi connectivity index (χ3n) is 2.10. The van der Waals surface area contributed by atoms with Crippen molar-refractivity contribution in [3.05, 3.63) is 35.5 Å². The second kappa shape index (κ2) is 3.02. The first-order valence-corrected chi connectivity index (χ1v) is 4.12. The van der Waals surface area contributed by atoms with Gasteiger partial charge in [-0.25, -0.2) is 0 Å². The summed E-state index contributed by atoms with van der Waals surface area (Å²) in [6.07, 6.45) is -4.52. The van der Waals surface area contributed by atoms with Crippen molar-refractivity contribution in [2.24, 2.45) is 0 Å². The predicted octanol–water partition coefficient (Wildman–Crippen LogP) is 3.06. The van der Waals surface area contributed by atoms with Crippen molar-refractivity contribution in [1.82, 2.24) is 4.98 Å². The highest BCUT2D eigenvalue weighted by molar-refractivity contribution is 5.87. The monoisotopic (exact) mass is 210 g/mol. The van der Waals surface area contributed by atoms with Crippen molar-refractivity contribution in [3.63, 3.8) is 0 Å². The summed E-state index contributed by atoms with van der Waals surface area (Å²) in [5.41, 5.74) is -1.01. The maximum atomic E-state index is 12.5. The summed E-state index contributed by atoms with van der Waals surface area (Å²) in [5.74, 6) is 0. The van der Waals surface area contributed by atoms with E-state index in [-0.39, 0.29) is 5.56 Å². The zero-order valence-electron chi connectivity index (χ0n) is 7.39. The Morgan fingerprint density at radius 1 is 1.20 bits per heavy atom. The summed E-state index contributed by atoms with van der Waals surface area (Å²) in [6, 6.07) is 7.77. The molecule has 0 unspecified atom stereocenters. The molecule has 1 aromatic carbocycles.